The van der Waals surface area contributed by atoms with Gasteiger partial charge in [-0.25, -0.2) is 9.97 Å². The highest BCUT2D eigenvalue weighted by Crippen LogP contribution is 2.49. The molecule has 0 saturated carbocycles. The van der Waals surface area contributed by atoms with Crippen LogP contribution >= 0.6 is 35.1 Å². The Morgan fingerprint density at radius 1 is 1.07 bits per heavy atom. The third-order valence-corrected chi connectivity index (χ3v) is 5.09. The van der Waals surface area contributed by atoms with Gasteiger partial charge in [-0.15, -0.1) is 23.5 Å². The number of nitro groups is 2. The van der Waals surface area contributed by atoms with Crippen molar-refractivity contribution in [1.82, 2.24) is 9.97 Å². The fourth-order valence-electron chi connectivity index (χ4n) is 2.17. The SMILES string of the molecule is CSc1ncnc(SC)c1Nc1c([N+](=O)[O-])cc(C(F)(F)F)c(Cl)c1[N+](=O)[O-]. The molecule has 2 rings (SSSR count). The number of rotatable bonds is 6. The van der Waals surface area contributed by atoms with Gasteiger partial charge in [0.05, 0.1) is 15.4 Å². The fourth-order valence-corrected chi connectivity index (χ4v) is 3.57. The van der Waals surface area contributed by atoms with E-state index in [-0.39, 0.29) is 21.8 Å². The average molecular weight is 456 g/mol. The molecule has 0 atom stereocenters. The molecule has 1 heterocycles. The average Bonchev–Trinajstić information content (AvgIpc) is 2.60. The second-order valence-electron chi connectivity index (χ2n) is 4.89. The number of hydrogen-bond donors (Lipinski definition) is 1. The number of aromatic nitrogens is 2. The quantitative estimate of drug-likeness (QED) is 0.272. The van der Waals surface area contributed by atoms with E-state index in [2.05, 4.69) is 15.3 Å². The molecule has 1 aromatic heterocycles. The third-order valence-electron chi connectivity index (χ3n) is 3.32. The monoisotopic (exact) mass is 455 g/mol. The molecule has 0 radical (unpaired) electrons. The van der Waals surface area contributed by atoms with Gasteiger partial charge in [0, 0.05) is 6.07 Å². The normalized spacial score (nSPS) is 11.4. The molecule has 9 nitrogen and oxygen atoms in total. The van der Waals surface area contributed by atoms with Crippen LogP contribution in [-0.4, -0.2) is 32.3 Å². The molecule has 0 bridgehead atoms. The van der Waals surface area contributed by atoms with Crippen LogP contribution in [0, 0.1) is 20.2 Å². The molecule has 0 saturated heterocycles. The van der Waals surface area contributed by atoms with Crippen LogP contribution in [-0.2, 0) is 6.18 Å². The molecule has 1 aromatic carbocycles. The summed E-state index contributed by atoms with van der Waals surface area (Å²) in [5.74, 6) is 0. The molecule has 2 aromatic rings. The van der Waals surface area contributed by atoms with Crippen molar-refractivity contribution in [3.8, 4) is 0 Å². The molecular weight excluding hydrogens is 447 g/mol. The van der Waals surface area contributed by atoms with Crippen molar-refractivity contribution in [2.45, 2.75) is 16.2 Å². The zero-order valence-electron chi connectivity index (χ0n) is 13.9. The van der Waals surface area contributed by atoms with Gasteiger partial charge < -0.3 is 5.32 Å². The van der Waals surface area contributed by atoms with Gasteiger partial charge in [-0.05, 0) is 12.5 Å². The summed E-state index contributed by atoms with van der Waals surface area (Å²) in [7, 11) is 0. The predicted octanol–water partition coefficient (Wildman–Crippen LogP) is 5.15. The minimum absolute atomic E-state index is 0.0736. The van der Waals surface area contributed by atoms with Gasteiger partial charge in [0.1, 0.15) is 27.1 Å². The Labute approximate surface area is 168 Å². The van der Waals surface area contributed by atoms with Crippen molar-refractivity contribution < 1.29 is 23.0 Å². The molecule has 150 valence electrons. The standard InChI is InChI=1S/C13H9ClF3N5O4S2/c1-27-11-9(12(28-2)19-4-18-11)20-8-6(21(23)24)3-5(13(15,16)17)7(14)10(8)22(25)26/h3-4,20H,1-2H3. The van der Waals surface area contributed by atoms with Crippen molar-refractivity contribution in [2.75, 3.05) is 17.8 Å². The maximum atomic E-state index is 13.2. The first-order valence-corrected chi connectivity index (χ1v) is 9.78. The number of hydrogen-bond acceptors (Lipinski definition) is 9. The van der Waals surface area contributed by atoms with Gasteiger partial charge in [0.25, 0.3) is 0 Å². The summed E-state index contributed by atoms with van der Waals surface area (Å²) in [6, 6.07) is 0.152. The van der Waals surface area contributed by atoms with Crippen LogP contribution in [0.1, 0.15) is 5.56 Å². The highest BCUT2D eigenvalue weighted by Gasteiger charge is 2.42. The zero-order valence-corrected chi connectivity index (χ0v) is 16.3. The highest BCUT2D eigenvalue weighted by atomic mass is 35.5. The number of anilines is 2. The van der Waals surface area contributed by atoms with Gasteiger partial charge >= 0.3 is 17.6 Å². The van der Waals surface area contributed by atoms with Gasteiger partial charge in [0.2, 0.25) is 0 Å². The molecule has 0 aliphatic carbocycles. The van der Waals surface area contributed by atoms with Gasteiger partial charge in [-0.2, -0.15) is 13.2 Å². The Morgan fingerprint density at radius 2 is 1.61 bits per heavy atom. The zero-order chi connectivity index (χ0) is 21.2. The first-order chi connectivity index (χ1) is 13.0. The molecule has 0 aliphatic rings. The van der Waals surface area contributed by atoms with Crippen LogP contribution in [0.2, 0.25) is 5.02 Å². The topological polar surface area (TPSA) is 124 Å². The van der Waals surface area contributed by atoms with Crippen molar-refractivity contribution in [2.24, 2.45) is 0 Å². The summed E-state index contributed by atoms with van der Waals surface area (Å²) in [5, 5.41) is 24.6. The van der Waals surface area contributed by atoms with E-state index in [1.807, 2.05) is 0 Å². The number of thioether (sulfide) groups is 2. The minimum Gasteiger partial charge on any atom is -0.340 e. The largest absolute Gasteiger partial charge is 0.418 e. The molecule has 0 amide bonds. The Bertz CT molecular complexity index is 938. The molecule has 28 heavy (non-hydrogen) atoms. The lowest BCUT2D eigenvalue weighted by atomic mass is 10.1. The predicted molar refractivity (Wildman–Crippen MR) is 98.6 cm³/mol. The van der Waals surface area contributed by atoms with Crippen molar-refractivity contribution in [3.05, 3.63) is 43.2 Å². The number of alkyl halides is 3. The van der Waals surface area contributed by atoms with E-state index in [1.165, 1.54) is 6.33 Å². The molecule has 1 N–H and O–H groups in total. The molecule has 0 fully saturated rings. The van der Waals surface area contributed by atoms with Crippen LogP contribution < -0.4 is 5.32 Å². The van der Waals surface area contributed by atoms with E-state index in [0.29, 0.717) is 0 Å². The van der Waals surface area contributed by atoms with Gasteiger partial charge in [-0.1, -0.05) is 11.6 Å². The number of nitrogens with one attached hydrogen (secondary N) is 1. The summed E-state index contributed by atoms with van der Waals surface area (Å²) in [5.41, 5.74) is -4.84. The van der Waals surface area contributed by atoms with E-state index in [4.69, 9.17) is 11.6 Å². The van der Waals surface area contributed by atoms with Crippen LogP contribution in [0.4, 0.5) is 35.9 Å². The first kappa shape index (κ1) is 22.0. The summed E-state index contributed by atoms with van der Waals surface area (Å²) < 4.78 is 39.5. The fraction of sp³-hybridized carbons (Fsp3) is 0.231. The highest BCUT2D eigenvalue weighted by molar-refractivity contribution is 7.99. The molecular formula is C13H9ClF3N5O4S2. The second-order valence-corrected chi connectivity index (χ2v) is 6.85. The van der Waals surface area contributed by atoms with Crippen LogP contribution in [0.5, 0.6) is 0 Å². The van der Waals surface area contributed by atoms with Gasteiger partial charge in [0.15, 0.2) is 5.69 Å². The van der Waals surface area contributed by atoms with E-state index in [9.17, 15) is 33.4 Å². The van der Waals surface area contributed by atoms with Crippen LogP contribution in [0.3, 0.4) is 0 Å². The van der Waals surface area contributed by atoms with Crippen molar-refractivity contribution >= 4 is 57.9 Å². The molecule has 0 aliphatic heterocycles. The van der Waals surface area contributed by atoms with Gasteiger partial charge in [-0.3, -0.25) is 20.2 Å². The molecule has 15 heteroatoms. The van der Waals surface area contributed by atoms with Crippen molar-refractivity contribution in [3.63, 3.8) is 0 Å². The smallest absolute Gasteiger partial charge is 0.340 e. The van der Waals surface area contributed by atoms with E-state index in [0.717, 1.165) is 23.5 Å². The first-order valence-electron chi connectivity index (χ1n) is 6.95. The third kappa shape index (κ3) is 4.23. The van der Waals surface area contributed by atoms with Crippen LogP contribution in [0.15, 0.2) is 22.4 Å². The Kier molecular flexibility index (Phi) is 6.56. The summed E-state index contributed by atoms with van der Waals surface area (Å²) in [6.07, 6.45) is -0.665. The number of nitro benzene ring substituents is 2. The molecule has 0 spiro atoms. The maximum absolute atomic E-state index is 13.2. The number of halogens is 4. The number of nitrogens with zero attached hydrogens (tertiary/aromatic N) is 4. The summed E-state index contributed by atoms with van der Waals surface area (Å²) in [4.78, 5) is 28.4. The van der Waals surface area contributed by atoms with Crippen LogP contribution in [0.25, 0.3) is 0 Å². The minimum atomic E-state index is -5.13. The Morgan fingerprint density at radius 3 is 2.00 bits per heavy atom. The number of benzene rings is 1. The lowest BCUT2D eigenvalue weighted by Crippen LogP contribution is -2.11. The second kappa shape index (κ2) is 8.36. The lowest BCUT2D eigenvalue weighted by Gasteiger charge is -2.15. The molecule has 0 unspecified atom stereocenters. The van der Waals surface area contributed by atoms with Crippen molar-refractivity contribution in [1.29, 1.82) is 0 Å². The summed E-state index contributed by atoms with van der Waals surface area (Å²) in [6.45, 7) is 0. The van der Waals surface area contributed by atoms with E-state index < -0.39 is 43.7 Å². The van der Waals surface area contributed by atoms with E-state index >= 15 is 0 Å². The summed E-state index contributed by atoms with van der Waals surface area (Å²) >= 11 is 7.83. The lowest BCUT2D eigenvalue weighted by molar-refractivity contribution is -0.392. The maximum Gasteiger partial charge on any atom is 0.418 e. The Balaban J connectivity index is 2.87. The van der Waals surface area contributed by atoms with E-state index in [1.54, 1.807) is 12.5 Å². The Hall–Kier alpha value is -2.32.